The van der Waals surface area contributed by atoms with E-state index in [0.29, 0.717) is 22.4 Å². The average Bonchev–Trinajstić information content (AvgIpc) is 3.06. The van der Waals surface area contributed by atoms with Crippen molar-refractivity contribution in [1.82, 2.24) is 4.90 Å². The Balaban J connectivity index is 1.41. The van der Waals surface area contributed by atoms with Crippen LogP contribution in [-0.2, 0) is 4.79 Å². The third kappa shape index (κ3) is 5.05. The Morgan fingerprint density at radius 1 is 0.967 bits per heavy atom. The van der Waals surface area contributed by atoms with E-state index < -0.39 is 0 Å². The fraction of sp³-hybridized carbons (Fsp3) is 0.333. The lowest BCUT2D eigenvalue weighted by Gasteiger charge is -2.29. The molecule has 0 spiro atoms. The molecule has 0 aromatic heterocycles. The van der Waals surface area contributed by atoms with Crippen molar-refractivity contribution in [2.45, 2.75) is 38.1 Å². The number of benzene rings is 2. The molecule has 30 heavy (non-hydrogen) atoms. The van der Waals surface area contributed by atoms with Crippen LogP contribution in [0.15, 0.2) is 59.5 Å². The van der Waals surface area contributed by atoms with Crippen LogP contribution in [0.1, 0.15) is 37.7 Å². The van der Waals surface area contributed by atoms with E-state index in [-0.39, 0.29) is 11.9 Å². The van der Waals surface area contributed by atoms with Crippen LogP contribution in [0.25, 0.3) is 6.08 Å². The quantitative estimate of drug-likeness (QED) is 0.315. The first-order valence-electron chi connectivity index (χ1n) is 10.4. The molecule has 2 aromatic rings. The summed E-state index contributed by atoms with van der Waals surface area (Å²) in [5, 5.41) is 0. The van der Waals surface area contributed by atoms with Crippen LogP contribution in [-0.4, -0.2) is 34.4 Å². The lowest BCUT2D eigenvalue weighted by Crippen LogP contribution is -2.39. The lowest BCUT2D eigenvalue weighted by molar-refractivity contribution is -0.124. The monoisotopic (exact) mass is 439 g/mol. The molecule has 0 bridgehead atoms. The largest absolute Gasteiger partial charge is 0.490 e. The van der Waals surface area contributed by atoms with Gasteiger partial charge in [0.1, 0.15) is 29.0 Å². The Labute approximate surface area is 187 Å². The fourth-order valence-corrected chi connectivity index (χ4v) is 5.23. The maximum Gasteiger partial charge on any atom is 0.266 e. The van der Waals surface area contributed by atoms with Gasteiger partial charge < -0.3 is 9.47 Å². The first-order valence-corrected chi connectivity index (χ1v) is 11.6. The number of carbonyl (C=O) groups excluding carboxylic acids is 1. The highest BCUT2D eigenvalue weighted by Gasteiger charge is 2.37. The molecule has 4 rings (SSSR count). The molecule has 0 N–H and O–H groups in total. The normalized spacial score (nSPS) is 18.8. The minimum absolute atomic E-state index is 0.0270. The first kappa shape index (κ1) is 20.9. The smallest absolute Gasteiger partial charge is 0.266 e. The van der Waals surface area contributed by atoms with Gasteiger partial charge in [0, 0.05) is 11.6 Å². The van der Waals surface area contributed by atoms with Crippen LogP contribution in [0.3, 0.4) is 0 Å². The van der Waals surface area contributed by atoms with Crippen LogP contribution in [0.5, 0.6) is 11.5 Å². The van der Waals surface area contributed by atoms with E-state index in [1.165, 1.54) is 31.0 Å². The van der Waals surface area contributed by atoms with Crippen LogP contribution < -0.4 is 9.47 Å². The number of carbonyl (C=O) groups is 1. The summed E-state index contributed by atoms with van der Waals surface area (Å²) in [5.74, 6) is 1.58. The summed E-state index contributed by atoms with van der Waals surface area (Å²) >= 11 is 6.93. The van der Waals surface area contributed by atoms with E-state index in [2.05, 4.69) is 0 Å². The van der Waals surface area contributed by atoms with Gasteiger partial charge in [-0.3, -0.25) is 9.69 Å². The van der Waals surface area contributed by atoms with Gasteiger partial charge in [-0.1, -0.05) is 79.6 Å². The van der Waals surface area contributed by atoms with Gasteiger partial charge in [-0.05, 0) is 37.1 Å². The Bertz CT molecular complexity index is 923. The van der Waals surface area contributed by atoms with Crippen molar-refractivity contribution in [3.05, 3.63) is 65.1 Å². The molecular weight excluding hydrogens is 414 g/mol. The van der Waals surface area contributed by atoms with Crippen LogP contribution in [0, 0.1) is 0 Å². The second-order valence-corrected chi connectivity index (χ2v) is 9.07. The van der Waals surface area contributed by atoms with Gasteiger partial charge in [0.15, 0.2) is 0 Å². The van der Waals surface area contributed by atoms with Gasteiger partial charge >= 0.3 is 0 Å². The molecule has 1 heterocycles. The van der Waals surface area contributed by atoms with Crippen LogP contribution >= 0.6 is 24.0 Å². The molecule has 2 aliphatic rings. The molecule has 6 heteroatoms. The van der Waals surface area contributed by atoms with Gasteiger partial charge in [0.25, 0.3) is 5.91 Å². The summed E-state index contributed by atoms with van der Waals surface area (Å²) < 4.78 is 12.3. The van der Waals surface area contributed by atoms with Gasteiger partial charge in [-0.2, -0.15) is 0 Å². The van der Waals surface area contributed by atoms with Crippen molar-refractivity contribution in [3.63, 3.8) is 0 Å². The van der Waals surface area contributed by atoms with E-state index in [9.17, 15) is 4.79 Å². The number of ether oxygens (including phenoxy) is 2. The van der Waals surface area contributed by atoms with E-state index in [4.69, 9.17) is 21.7 Å². The minimum Gasteiger partial charge on any atom is -0.490 e. The topological polar surface area (TPSA) is 38.8 Å². The second-order valence-electron chi connectivity index (χ2n) is 7.39. The van der Waals surface area contributed by atoms with E-state index in [1.807, 2.05) is 65.6 Å². The SMILES string of the molecule is O=C1/C(=C/c2ccccc2OCCOc2ccccc2)SC(=S)N1C1CCCCC1. The molecule has 0 atom stereocenters. The van der Waals surface area contributed by atoms with Crippen molar-refractivity contribution >= 4 is 40.3 Å². The Morgan fingerprint density at radius 2 is 1.67 bits per heavy atom. The summed E-state index contributed by atoms with van der Waals surface area (Å²) in [6.45, 7) is 0.866. The molecule has 156 valence electrons. The highest BCUT2D eigenvalue weighted by Crippen LogP contribution is 2.38. The number of hydrogen-bond acceptors (Lipinski definition) is 5. The molecule has 0 unspecified atom stereocenters. The van der Waals surface area contributed by atoms with Crippen molar-refractivity contribution in [2.75, 3.05) is 13.2 Å². The van der Waals surface area contributed by atoms with Gasteiger partial charge in [0.05, 0.1) is 4.91 Å². The number of nitrogens with zero attached hydrogens (tertiary/aromatic N) is 1. The van der Waals surface area contributed by atoms with Gasteiger partial charge in [0.2, 0.25) is 0 Å². The zero-order valence-corrected chi connectivity index (χ0v) is 18.4. The predicted molar refractivity (Wildman–Crippen MR) is 126 cm³/mol. The number of thiocarbonyl (C=S) groups is 1. The summed E-state index contributed by atoms with van der Waals surface area (Å²) in [4.78, 5) is 15.5. The molecule has 2 aromatic carbocycles. The number of para-hydroxylation sites is 2. The number of amides is 1. The van der Waals surface area contributed by atoms with Crippen molar-refractivity contribution in [1.29, 1.82) is 0 Å². The molecule has 1 aliphatic heterocycles. The van der Waals surface area contributed by atoms with E-state index >= 15 is 0 Å². The molecule has 1 saturated heterocycles. The maximum absolute atomic E-state index is 13.0. The van der Waals surface area contributed by atoms with Crippen molar-refractivity contribution < 1.29 is 14.3 Å². The Kier molecular flexibility index (Phi) is 7.07. The highest BCUT2D eigenvalue weighted by atomic mass is 32.2. The maximum atomic E-state index is 13.0. The first-order chi connectivity index (χ1) is 14.7. The third-order valence-electron chi connectivity index (χ3n) is 5.32. The summed E-state index contributed by atoms with van der Waals surface area (Å²) in [6.07, 6.45) is 7.57. The van der Waals surface area contributed by atoms with Crippen LogP contribution in [0.2, 0.25) is 0 Å². The standard InChI is InChI=1S/C24H25NO3S2/c26-23-22(30-24(29)25(23)19-10-3-1-4-11-19)17-18-9-7-8-14-21(18)28-16-15-27-20-12-5-2-6-13-20/h2,5-9,12-14,17,19H,1,3-4,10-11,15-16H2/b22-17-. The predicted octanol–water partition coefficient (Wildman–Crippen LogP) is 5.68. The summed E-state index contributed by atoms with van der Waals surface area (Å²) in [5.41, 5.74) is 0.876. The molecule has 1 aliphatic carbocycles. The van der Waals surface area contributed by atoms with E-state index in [0.717, 1.165) is 29.9 Å². The molecule has 1 saturated carbocycles. The fourth-order valence-electron chi connectivity index (χ4n) is 3.83. The molecular formula is C24H25NO3S2. The minimum atomic E-state index is 0.0270. The molecule has 0 radical (unpaired) electrons. The lowest BCUT2D eigenvalue weighted by atomic mass is 9.94. The van der Waals surface area contributed by atoms with Gasteiger partial charge in [-0.15, -0.1) is 0 Å². The molecule has 4 nitrogen and oxygen atoms in total. The number of rotatable bonds is 7. The highest BCUT2D eigenvalue weighted by molar-refractivity contribution is 8.26. The van der Waals surface area contributed by atoms with Gasteiger partial charge in [-0.25, -0.2) is 0 Å². The number of thioether (sulfide) groups is 1. The average molecular weight is 440 g/mol. The Hall–Kier alpha value is -2.31. The van der Waals surface area contributed by atoms with Crippen molar-refractivity contribution in [3.8, 4) is 11.5 Å². The zero-order valence-electron chi connectivity index (χ0n) is 16.8. The van der Waals surface area contributed by atoms with E-state index in [1.54, 1.807) is 0 Å². The summed E-state index contributed by atoms with van der Waals surface area (Å²) in [6, 6.07) is 17.7. The summed E-state index contributed by atoms with van der Waals surface area (Å²) in [7, 11) is 0. The molecule has 1 amide bonds. The Morgan fingerprint density at radius 3 is 2.47 bits per heavy atom. The van der Waals surface area contributed by atoms with Crippen molar-refractivity contribution in [2.24, 2.45) is 0 Å². The second kappa shape index (κ2) is 10.1. The molecule has 2 fully saturated rings. The third-order valence-corrected chi connectivity index (χ3v) is 6.65. The van der Waals surface area contributed by atoms with Crippen LogP contribution in [0.4, 0.5) is 0 Å². The zero-order chi connectivity index (χ0) is 20.8. The number of hydrogen-bond donors (Lipinski definition) is 0.